The Kier molecular flexibility index (Phi) is 4.36. The maximum Gasteiger partial charge on any atom is 0.191 e. The molecule has 0 N–H and O–H groups in total. The van der Waals surface area contributed by atoms with Crippen LogP contribution in [0.1, 0.15) is 15.9 Å². The van der Waals surface area contributed by atoms with E-state index in [2.05, 4.69) is 0 Å². The van der Waals surface area contributed by atoms with Gasteiger partial charge in [-0.2, -0.15) is 0 Å². The predicted octanol–water partition coefficient (Wildman–Crippen LogP) is 3.36. The number of halogens is 2. The van der Waals surface area contributed by atoms with E-state index in [1.165, 1.54) is 0 Å². The van der Waals surface area contributed by atoms with Gasteiger partial charge in [0, 0.05) is 0 Å². The lowest BCUT2D eigenvalue weighted by Crippen LogP contribution is -2.11. The van der Waals surface area contributed by atoms with Crippen LogP contribution in [0.2, 0.25) is 0 Å². The molecule has 0 aliphatic heterocycles. The molecule has 2 nitrogen and oxygen atoms in total. The summed E-state index contributed by atoms with van der Waals surface area (Å²) >= 11 is 0. The second-order valence-electron chi connectivity index (χ2n) is 4.03. The van der Waals surface area contributed by atoms with Crippen molar-refractivity contribution in [2.45, 2.75) is 6.61 Å². The lowest BCUT2D eigenvalue weighted by atomic mass is 10.1. The minimum Gasteiger partial charge on any atom is -0.369 e. The summed E-state index contributed by atoms with van der Waals surface area (Å²) in [7, 11) is 0. The first kappa shape index (κ1) is 13.4. The molecule has 2 rings (SSSR count). The van der Waals surface area contributed by atoms with Crippen molar-refractivity contribution in [2.75, 3.05) is 6.61 Å². The Morgan fingerprint density at radius 2 is 1.79 bits per heavy atom. The first-order chi connectivity index (χ1) is 9.16. The van der Waals surface area contributed by atoms with Crippen molar-refractivity contribution in [3.05, 3.63) is 71.3 Å². The van der Waals surface area contributed by atoms with E-state index in [-0.39, 0.29) is 18.8 Å². The normalized spacial score (nSPS) is 10.4. The zero-order valence-corrected chi connectivity index (χ0v) is 10.1. The van der Waals surface area contributed by atoms with Crippen molar-refractivity contribution in [1.29, 1.82) is 0 Å². The van der Waals surface area contributed by atoms with Gasteiger partial charge in [0.05, 0.1) is 12.2 Å². The molecule has 0 aromatic heterocycles. The average Bonchev–Trinajstić information content (AvgIpc) is 2.42. The molecule has 0 saturated heterocycles. The zero-order valence-electron chi connectivity index (χ0n) is 10.1. The van der Waals surface area contributed by atoms with E-state index in [1.807, 2.05) is 30.3 Å². The molecule has 2 aromatic carbocycles. The Bertz CT molecular complexity index is 568. The fourth-order valence-electron chi connectivity index (χ4n) is 1.62. The summed E-state index contributed by atoms with van der Waals surface area (Å²) in [5, 5.41) is 0. The summed E-state index contributed by atoms with van der Waals surface area (Å²) in [6.45, 7) is -0.0290. The van der Waals surface area contributed by atoms with Crippen LogP contribution >= 0.6 is 0 Å². The molecule has 0 atom stereocenters. The maximum absolute atomic E-state index is 13.3. The summed E-state index contributed by atoms with van der Waals surface area (Å²) < 4.78 is 31.5. The van der Waals surface area contributed by atoms with Gasteiger partial charge in [-0.1, -0.05) is 30.3 Å². The zero-order chi connectivity index (χ0) is 13.7. The largest absolute Gasteiger partial charge is 0.369 e. The highest BCUT2D eigenvalue weighted by Crippen LogP contribution is 2.11. The predicted molar refractivity (Wildman–Crippen MR) is 66.8 cm³/mol. The molecule has 0 amide bonds. The molecule has 0 aliphatic rings. The third kappa shape index (κ3) is 3.69. The summed E-state index contributed by atoms with van der Waals surface area (Å²) in [5.74, 6) is -1.96. The lowest BCUT2D eigenvalue weighted by Gasteiger charge is -2.05. The number of carbonyl (C=O) groups is 1. The summed E-state index contributed by atoms with van der Waals surface area (Å²) in [5.41, 5.74) is 0.628. The topological polar surface area (TPSA) is 26.3 Å². The molecule has 0 bridgehead atoms. The third-order valence-corrected chi connectivity index (χ3v) is 2.57. The molecule has 0 unspecified atom stereocenters. The van der Waals surface area contributed by atoms with Gasteiger partial charge in [-0.25, -0.2) is 8.78 Å². The van der Waals surface area contributed by atoms with Crippen LogP contribution in [0.15, 0.2) is 48.5 Å². The minimum absolute atomic E-state index is 0.253. The van der Waals surface area contributed by atoms with Gasteiger partial charge in [-0.15, -0.1) is 0 Å². The van der Waals surface area contributed by atoms with Gasteiger partial charge in [0.15, 0.2) is 5.78 Å². The van der Waals surface area contributed by atoms with E-state index in [1.54, 1.807) is 0 Å². The number of ketones is 1. The second kappa shape index (κ2) is 6.20. The SMILES string of the molecule is O=C(COCc1ccccc1)c1cc(F)ccc1F. The Hall–Kier alpha value is -2.07. The number of hydrogen-bond acceptors (Lipinski definition) is 2. The molecular weight excluding hydrogens is 250 g/mol. The van der Waals surface area contributed by atoms with E-state index >= 15 is 0 Å². The molecule has 0 saturated carbocycles. The molecule has 0 heterocycles. The summed E-state index contributed by atoms with van der Waals surface area (Å²) in [6.07, 6.45) is 0. The second-order valence-corrected chi connectivity index (χ2v) is 4.03. The van der Waals surface area contributed by atoms with Gasteiger partial charge >= 0.3 is 0 Å². The summed E-state index contributed by atoms with van der Waals surface area (Å²) in [4.78, 5) is 11.7. The number of hydrogen-bond donors (Lipinski definition) is 0. The van der Waals surface area contributed by atoms with Crippen molar-refractivity contribution in [2.24, 2.45) is 0 Å². The van der Waals surface area contributed by atoms with E-state index < -0.39 is 17.4 Å². The molecule has 0 spiro atoms. The van der Waals surface area contributed by atoms with Gasteiger partial charge < -0.3 is 4.74 Å². The number of rotatable bonds is 5. The van der Waals surface area contributed by atoms with Crippen molar-refractivity contribution < 1.29 is 18.3 Å². The molecule has 0 radical (unpaired) electrons. The Balaban J connectivity index is 1.93. The summed E-state index contributed by atoms with van der Waals surface area (Å²) in [6, 6.07) is 12.1. The quantitative estimate of drug-likeness (QED) is 0.772. The van der Waals surface area contributed by atoms with Crippen LogP contribution < -0.4 is 0 Å². The number of Topliss-reactive ketones (excluding diaryl/α,β-unsaturated/α-hetero) is 1. The van der Waals surface area contributed by atoms with E-state index in [4.69, 9.17) is 4.74 Å². The van der Waals surface area contributed by atoms with Crippen molar-refractivity contribution >= 4 is 5.78 Å². The van der Waals surface area contributed by atoms with Crippen LogP contribution in [0.4, 0.5) is 8.78 Å². The van der Waals surface area contributed by atoms with Gasteiger partial charge in [0.1, 0.15) is 18.2 Å². The number of ether oxygens (including phenoxy) is 1. The molecule has 4 heteroatoms. The highest BCUT2D eigenvalue weighted by Gasteiger charge is 2.12. The molecular formula is C15H12F2O2. The third-order valence-electron chi connectivity index (χ3n) is 2.57. The molecule has 2 aromatic rings. The van der Waals surface area contributed by atoms with Crippen LogP contribution in [0, 0.1) is 11.6 Å². The van der Waals surface area contributed by atoms with Crippen LogP contribution in [0.25, 0.3) is 0 Å². The highest BCUT2D eigenvalue weighted by atomic mass is 19.1. The first-order valence-electron chi connectivity index (χ1n) is 5.77. The molecule has 0 fully saturated rings. The maximum atomic E-state index is 13.3. The van der Waals surface area contributed by atoms with Gasteiger partial charge in [0.2, 0.25) is 0 Å². The first-order valence-corrected chi connectivity index (χ1v) is 5.77. The standard InChI is InChI=1S/C15H12F2O2/c16-12-6-7-14(17)13(8-12)15(18)10-19-9-11-4-2-1-3-5-11/h1-8H,9-10H2. The van der Waals surface area contributed by atoms with Crippen LogP contribution in [-0.4, -0.2) is 12.4 Å². The lowest BCUT2D eigenvalue weighted by molar-refractivity contribution is 0.0722. The van der Waals surface area contributed by atoms with Crippen LogP contribution in [0.5, 0.6) is 0 Å². The number of benzene rings is 2. The molecule has 0 aliphatic carbocycles. The molecule has 19 heavy (non-hydrogen) atoms. The van der Waals surface area contributed by atoms with Crippen molar-refractivity contribution in [1.82, 2.24) is 0 Å². The Morgan fingerprint density at radius 3 is 2.53 bits per heavy atom. The van der Waals surface area contributed by atoms with Crippen molar-refractivity contribution in [3.63, 3.8) is 0 Å². The fourth-order valence-corrected chi connectivity index (χ4v) is 1.62. The van der Waals surface area contributed by atoms with Gasteiger partial charge in [-0.3, -0.25) is 4.79 Å². The number of carbonyl (C=O) groups excluding carboxylic acids is 1. The molecule has 98 valence electrons. The fraction of sp³-hybridized carbons (Fsp3) is 0.133. The van der Waals surface area contributed by atoms with E-state index in [0.29, 0.717) is 0 Å². The van der Waals surface area contributed by atoms with Crippen molar-refractivity contribution in [3.8, 4) is 0 Å². The average molecular weight is 262 g/mol. The van der Waals surface area contributed by atoms with Crippen LogP contribution in [0.3, 0.4) is 0 Å². The van der Waals surface area contributed by atoms with Gasteiger partial charge in [0.25, 0.3) is 0 Å². The van der Waals surface area contributed by atoms with Crippen LogP contribution in [-0.2, 0) is 11.3 Å². The van der Waals surface area contributed by atoms with E-state index in [0.717, 1.165) is 23.8 Å². The smallest absolute Gasteiger partial charge is 0.191 e. The Labute approximate surface area is 109 Å². The highest BCUT2D eigenvalue weighted by molar-refractivity contribution is 5.97. The monoisotopic (exact) mass is 262 g/mol. The minimum atomic E-state index is -0.741. The van der Waals surface area contributed by atoms with E-state index in [9.17, 15) is 13.6 Å². The Morgan fingerprint density at radius 1 is 1.05 bits per heavy atom. The van der Waals surface area contributed by atoms with Gasteiger partial charge in [-0.05, 0) is 23.8 Å².